The molecule has 4 heteroatoms. The van der Waals surface area contributed by atoms with E-state index in [0.29, 0.717) is 17.7 Å². The van der Waals surface area contributed by atoms with Gasteiger partial charge >= 0.3 is 0 Å². The van der Waals surface area contributed by atoms with Gasteiger partial charge in [0.2, 0.25) is 5.92 Å². The Morgan fingerprint density at radius 3 is 2.63 bits per heavy atom. The number of hydrogen-bond acceptors (Lipinski definition) is 2. The number of carbonyl (C=O) groups excluding carboxylic acids is 1. The number of halogens is 2. The normalized spacial score (nSPS) is 21.9. The Labute approximate surface area is 111 Å². The highest BCUT2D eigenvalue weighted by molar-refractivity contribution is 5.96. The number of methoxy groups -OCH3 is 1. The number of ether oxygens (including phenoxy) is 1. The second-order valence-electron chi connectivity index (χ2n) is 5.17. The minimum absolute atomic E-state index is 0.0414. The fraction of sp³-hybridized carbons (Fsp3) is 0.533. The van der Waals surface area contributed by atoms with Crippen LogP contribution in [0.3, 0.4) is 0 Å². The van der Waals surface area contributed by atoms with Gasteiger partial charge in [-0.05, 0) is 43.0 Å². The van der Waals surface area contributed by atoms with Crippen LogP contribution >= 0.6 is 0 Å². The molecule has 0 N–H and O–H groups in total. The number of rotatable bonds is 4. The molecule has 0 amide bonds. The molecule has 1 aliphatic rings. The SMILES string of the molecule is COc1ccc(C(=O)CC2CCCC(F)(F)C2)cc1. The van der Waals surface area contributed by atoms with Crippen LogP contribution in [-0.4, -0.2) is 18.8 Å². The number of hydrogen-bond donors (Lipinski definition) is 0. The van der Waals surface area contributed by atoms with Crippen molar-refractivity contribution in [1.29, 1.82) is 0 Å². The molecular weight excluding hydrogens is 250 g/mol. The maximum atomic E-state index is 13.3. The van der Waals surface area contributed by atoms with E-state index < -0.39 is 5.92 Å². The lowest BCUT2D eigenvalue weighted by atomic mass is 9.82. The molecule has 0 aliphatic heterocycles. The Kier molecular flexibility index (Phi) is 4.17. The minimum Gasteiger partial charge on any atom is -0.497 e. The lowest BCUT2D eigenvalue weighted by Crippen LogP contribution is -2.27. The van der Waals surface area contributed by atoms with E-state index in [1.54, 1.807) is 31.4 Å². The summed E-state index contributed by atoms with van der Waals surface area (Å²) in [6.45, 7) is 0. The third kappa shape index (κ3) is 3.75. The van der Waals surface area contributed by atoms with Crippen molar-refractivity contribution in [2.75, 3.05) is 7.11 Å². The van der Waals surface area contributed by atoms with Gasteiger partial charge in [0.15, 0.2) is 5.78 Å². The molecular formula is C15H18F2O2. The van der Waals surface area contributed by atoms with Gasteiger partial charge in [0.25, 0.3) is 0 Å². The molecule has 0 aromatic heterocycles. The molecule has 0 bridgehead atoms. The van der Waals surface area contributed by atoms with Gasteiger partial charge in [-0.15, -0.1) is 0 Å². The lowest BCUT2D eigenvalue weighted by Gasteiger charge is -2.28. The quantitative estimate of drug-likeness (QED) is 0.769. The molecule has 0 heterocycles. The van der Waals surface area contributed by atoms with Crippen LogP contribution in [0.5, 0.6) is 5.75 Å². The molecule has 1 aromatic rings. The molecule has 1 aromatic carbocycles. The van der Waals surface area contributed by atoms with Gasteiger partial charge < -0.3 is 4.74 Å². The summed E-state index contributed by atoms with van der Waals surface area (Å²) in [5, 5.41) is 0. The Bertz CT molecular complexity index is 440. The van der Waals surface area contributed by atoms with Gasteiger partial charge in [0.05, 0.1) is 7.11 Å². The minimum atomic E-state index is -2.59. The summed E-state index contributed by atoms with van der Waals surface area (Å²) in [5.41, 5.74) is 0.565. The molecule has 1 fully saturated rings. The number of alkyl halides is 2. The summed E-state index contributed by atoms with van der Waals surface area (Å²) in [6.07, 6.45) is 1.24. The van der Waals surface area contributed by atoms with Crippen LogP contribution in [0, 0.1) is 5.92 Å². The van der Waals surface area contributed by atoms with Crippen molar-refractivity contribution in [2.45, 2.75) is 38.0 Å². The van der Waals surface area contributed by atoms with E-state index in [1.165, 1.54) is 0 Å². The Balaban J connectivity index is 1.96. The van der Waals surface area contributed by atoms with Gasteiger partial charge in [-0.1, -0.05) is 0 Å². The van der Waals surface area contributed by atoms with Crippen LogP contribution in [0.1, 0.15) is 42.5 Å². The van der Waals surface area contributed by atoms with Gasteiger partial charge in [0, 0.05) is 24.8 Å². The molecule has 104 valence electrons. The van der Waals surface area contributed by atoms with E-state index in [9.17, 15) is 13.6 Å². The maximum Gasteiger partial charge on any atom is 0.248 e. The van der Waals surface area contributed by atoms with Gasteiger partial charge in [-0.2, -0.15) is 0 Å². The molecule has 0 spiro atoms. The fourth-order valence-corrected chi connectivity index (χ4v) is 2.61. The van der Waals surface area contributed by atoms with Crippen LogP contribution in [0.25, 0.3) is 0 Å². The first kappa shape index (κ1) is 14.0. The van der Waals surface area contributed by atoms with Gasteiger partial charge in [-0.3, -0.25) is 4.79 Å². The van der Waals surface area contributed by atoms with Crippen molar-refractivity contribution in [3.8, 4) is 5.75 Å². The zero-order valence-corrected chi connectivity index (χ0v) is 11.0. The Morgan fingerprint density at radius 1 is 1.37 bits per heavy atom. The highest BCUT2D eigenvalue weighted by Gasteiger charge is 2.36. The topological polar surface area (TPSA) is 26.3 Å². The third-order valence-electron chi connectivity index (χ3n) is 3.63. The predicted molar refractivity (Wildman–Crippen MR) is 68.8 cm³/mol. The standard InChI is InChI=1S/C15H18F2O2/c1-19-13-6-4-12(5-7-13)14(18)9-11-3-2-8-15(16,17)10-11/h4-7,11H,2-3,8-10H2,1H3. The second-order valence-corrected chi connectivity index (χ2v) is 5.17. The lowest BCUT2D eigenvalue weighted by molar-refractivity contribution is -0.0521. The summed E-state index contributed by atoms with van der Waals surface area (Å²) >= 11 is 0. The molecule has 0 saturated heterocycles. The van der Waals surface area contributed by atoms with E-state index >= 15 is 0 Å². The molecule has 1 unspecified atom stereocenters. The smallest absolute Gasteiger partial charge is 0.248 e. The summed E-state index contributed by atoms with van der Waals surface area (Å²) in [6, 6.07) is 6.79. The van der Waals surface area contributed by atoms with Crippen molar-refractivity contribution in [3.05, 3.63) is 29.8 Å². The summed E-state index contributed by atoms with van der Waals surface area (Å²) in [4.78, 5) is 12.0. The van der Waals surface area contributed by atoms with E-state index in [1.807, 2.05) is 0 Å². The predicted octanol–water partition coefficient (Wildman–Crippen LogP) is 4.09. The van der Waals surface area contributed by atoms with E-state index in [-0.39, 0.29) is 31.0 Å². The maximum absolute atomic E-state index is 13.3. The zero-order chi connectivity index (χ0) is 13.9. The monoisotopic (exact) mass is 268 g/mol. The van der Waals surface area contributed by atoms with Crippen molar-refractivity contribution in [3.63, 3.8) is 0 Å². The second kappa shape index (κ2) is 5.68. The number of ketones is 1. The van der Waals surface area contributed by atoms with Crippen LogP contribution in [-0.2, 0) is 0 Å². The van der Waals surface area contributed by atoms with Crippen molar-refractivity contribution < 1.29 is 18.3 Å². The highest BCUT2D eigenvalue weighted by atomic mass is 19.3. The number of Topliss-reactive ketones (excluding diaryl/α,β-unsaturated/α-hetero) is 1. The summed E-state index contributed by atoms with van der Waals surface area (Å²) in [7, 11) is 1.56. The summed E-state index contributed by atoms with van der Waals surface area (Å²) in [5.74, 6) is -2.17. The first-order valence-electron chi connectivity index (χ1n) is 6.55. The van der Waals surface area contributed by atoms with E-state index in [4.69, 9.17) is 4.74 Å². The average Bonchev–Trinajstić information content (AvgIpc) is 2.37. The van der Waals surface area contributed by atoms with E-state index in [0.717, 1.165) is 6.42 Å². The van der Waals surface area contributed by atoms with Crippen LogP contribution < -0.4 is 4.74 Å². The zero-order valence-electron chi connectivity index (χ0n) is 11.0. The number of benzene rings is 1. The van der Waals surface area contributed by atoms with E-state index in [2.05, 4.69) is 0 Å². The van der Waals surface area contributed by atoms with Gasteiger partial charge in [-0.25, -0.2) is 8.78 Å². The molecule has 1 atom stereocenters. The molecule has 1 aliphatic carbocycles. The van der Waals surface area contributed by atoms with Crippen molar-refractivity contribution in [1.82, 2.24) is 0 Å². The first-order valence-corrected chi connectivity index (χ1v) is 6.55. The van der Waals surface area contributed by atoms with Crippen molar-refractivity contribution >= 4 is 5.78 Å². The Morgan fingerprint density at radius 2 is 2.05 bits per heavy atom. The third-order valence-corrected chi connectivity index (χ3v) is 3.63. The molecule has 2 nitrogen and oxygen atoms in total. The molecule has 0 radical (unpaired) electrons. The first-order chi connectivity index (χ1) is 9.00. The van der Waals surface area contributed by atoms with Crippen LogP contribution in [0.15, 0.2) is 24.3 Å². The van der Waals surface area contributed by atoms with Crippen LogP contribution in [0.2, 0.25) is 0 Å². The highest BCUT2D eigenvalue weighted by Crippen LogP contribution is 2.38. The summed E-state index contributed by atoms with van der Waals surface area (Å²) < 4.78 is 31.6. The molecule has 19 heavy (non-hydrogen) atoms. The fourth-order valence-electron chi connectivity index (χ4n) is 2.61. The Hall–Kier alpha value is -1.45. The molecule has 2 rings (SSSR count). The van der Waals surface area contributed by atoms with Crippen LogP contribution in [0.4, 0.5) is 8.78 Å². The molecule has 1 saturated carbocycles. The number of carbonyl (C=O) groups is 1. The largest absolute Gasteiger partial charge is 0.497 e. The van der Waals surface area contributed by atoms with Gasteiger partial charge in [0.1, 0.15) is 5.75 Å². The average molecular weight is 268 g/mol. The van der Waals surface area contributed by atoms with Crippen molar-refractivity contribution in [2.24, 2.45) is 5.92 Å².